The summed E-state index contributed by atoms with van der Waals surface area (Å²) >= 11 is 0. The molecule has 2 N–H and O–H groups in total. The molecule has 6 heteroatoms. The number of aromatic nitrogens is 3. The maximum atomic E-state index is 11.4. The molecule has 6 nitrogen and oxygen atoms in total. The highest BCUT2D eigenvalue weighted by Gasteiger charge is 2.18. The van der Waals surface area contributed by atoms with Crippen LogP contribution in [0.5, 0.6) is 0 Å². The topological polar surface area (TPSA) is 80.0 Å². The van der Waals surface area contributed by atoms with Crippen LogP contribution in [-0.4, -0.2) is 32.4 Å². The van der Waals surface area contributed by atoms with Crippen molar-refractivity contribution in [2.75, 3.05) is 11.9 Å². The van der Waals surface area contributed by atoms with Crippen molar-refractivity contribution in [1.82, 2.24) is 14.8 Å². The number of carboxylic acid groups (broad SMARTS) is 1. The summed E-state index contributed by atoms with van der Waals surface area (Å²) in [5, 5.41) is 17.8. The summed E-state index contributed by atoms with van der Waals surface area (Å²) in [6, 6.07) is 0. The molecule has 0 radical (unpaired) electrons. The maximum absolute atomic E-state index is 11.4. The number of hydrogen-bond donors (Lipinski definition) is 2. The summed E-state index contributed by atoms with van der Waals surface area (Å²) in [6.07, 6.45) is 5.95. The Balaban J connectivity index is 2.33. The first-order valence-corrected chi connectivity index (χ1v) is 7.35. The third-order valence-electron chi connectivity index (χ3n) is 3.59. The zero-order valence-electron chi connectivity index (χ0n) is 12.8. The van der Waals surface area contributed by atoms with Gasteiger partial charge in [-0.15, -0.1) is 0 Å². The molecule has 21 heavy (non-hydrogen) atoms. The summed E-state index contributed by atoms with van der Waals surface area (Å²) in [7, 11) is 1.81. The summed E-state index contributed by atoms with van der Waals surface area (Å²) < 4.78 is 1.68. The highest BCUT2D eigenvalue weighted by atomic mass is 16.4. The van der Waals surface area contributed by atoms with Gasteiger partial charge in [0.25, 0.3) is 0 Å². The molecular weight excluding hydrogens is 268 g/mol. The second-order valence-corrected chi connectivity index (χ2v) is 5.25. The van der Waals surface area contributed by atoms with Gasteiger partial charge >= 0.3 is 5.97 Å². The molecule has 0 aliphatic carbocycles. The normalized spacial score (nSPS) is 11.0. The molecular formula is C15H22N4O2. The molecule has 0 saturated carbocycles. The molecule has 2 heterocycles. The van der Waals surface area contributed by atoms with Gasteiger partial charge < -0.3 is 10.4 Å². The zero-order valence-corrected chi connectivity index (χ0v) is 12.8. The molecule has 2 aromatic rings. The number of nitrogens with one attached hydrogen (secondary N) is 1. The SMILES string of the molecule is CCCCCCNc1c(C(=O)O)cnc2c1c(C)nn2C. The standard InChI is InChI=1S/C15H22N4O2/c1-4-5-6-7-8-16-13-11(15(20)21)9-17-14-12(13)10(2)18-19(14)3/h9H,4-8H2,1-3H3,(H,16,17)(H,20,21). The number of carbonyl (C=O) groups is 1. The predicted molar refractivity (Wildman–Crippen MR) is 82.8 cm³/mol. The number of fused-ring (bicyclic) bond motifs is 1. The monoisotopic (exact) mass is 290 g/mol. The van der Waals surface area contributed by atoms with Crippen molar-refractivity contribution in [3.8, 4) is 0 Å². The predicted octanol–water partition coefficient (Wildman–Crippen LogP) is 2.97. The van der Waals surface area contributed by atoms with Crippen LogP contribution in [0, 0.1) is 6.92 Å². The van der Waals surface area contributed by atoms with E-state index < -0.39 is 5.97 Å². The zero-order chi connectivity index (χ0) is 15.4. The van der Waals surface area contributed by atoms with Crippen molar-refractivity contribution in [3.05, 3.63) is 17.5 Å². The van der Waals surface area contributed by atoms with E-state index in [0.29, 0.717) is 11.3 Å². The number of aromatic carboxylic acids is 1. The Morgan fingerprint density at radius 1 is 1.38 bits per heavy atom. The van der Waals surface area contributed by atoms with Gasteiger partial charge in [-0.3, -0.25) is 4.68 Å². The molecule has 0 amide bonds. The van der Waals surface area contributed by atoms with Crippen molar-refractivity contribution < 1.29 is 9.90 Å². The smallest absolute Gasteiger partial charge is 0.339 e. The van der Waals surface area contributed by atoms with Crippen LogP contribution in [0.2, 0.25) is 0 Å². The molecule has 0 spiro atoms. The minimum absolute atomic E-state index is 0.203. The number of rotatable bonds is 7. The van der Waals surface area contributed by atoms with Crippen molar-refractivity contribution in [2.45, 2.75) is 39.5 Å². The average molecular weight is 290 g/mol. The fourth-order valence-corrected chi connectivity index (χ4v) is 2.52. The van der Waals surface area contributed by atoms with Gasteiger partial charge in [-0.25, -0.2) is 9.78 Å². The van der Waals surface area contributed by atoms with Crippen LogP contribution in [0.25, 0.3) is 11.0 Å². The maximum Gasteiger partial charge on any atom is 0.339 e. The number of aryl methyl sites for hydroxylation is 2. The third-order valence-corrected chi connectivity index (χ3v) is 3.59. The Morgan fingerprint density at radius 2 is 2.14 bits per heavy atom. The van der Waals surface area contributed by atoms with E-state index in [9.17, 15) is 9.90 Å². The van der Waals surface area contributed by atoms with E-state index in [2.05, 4.69) is 22.3 Å². The molecule has 0 fully saturated rings. The van der Waals surface area contributed by atoms with E-state index >= 15 is 0 Å². The first-order valence-electron chi connectivity index (χ1n) is 7.35. The van der Waals surface area contributed by atoms with Gasteiger partial charge in [-0.05, 0) is 13.3 Å². The lowest BCUT2D eigenvalue weighted by Gasteiger charge is -2.11. The first-order chi connectivity index (χ1) is 10.1. The molecule has 0 saturated heterocycles. The lowest BCUT2D eigenvalue weighted by molar-refractivity contribution is 0.0697. The molecule has 2 rings (SSSR count). The number of pyridine rings is 1. The van der Waals surface area contributed by atoms with E-state index in [1.54, 1.807) is 4.68 Å². The van der Waals surface area contributed by atoms with Gasteiger partial charge in [-0.1, -0.05) is 26.2 Å². The first kappa shape index (κ1) is 15.3. The Bertz CT molecular complexity index is 649. The highest BCUT2D eigenvalue weighted by molar-refractivity contribution is 6.04. The van der Waals surface area contributed by atoms with Crippen LogP contribution < -0.4 is 5.32 Å². The van der Waals surface area contributed by atoms with E-state index in [1.165, 1.54) is 19.0 Å². The van der Waals surface area contributed by atoms with Gasteiger partial charge in [-0.2, -0.15) is 5.10 Å². The molecule has 0 aliphatic rings. The van der Waals surface area contributed by atoms with Crippen LogP contribution in [0.4, 0.5) is 5.69 Å². The Morgan fingerprint density at radius 3 is 2.81 bits per heavy atom. The van der Waals surface area contributed by atoms with Crippen LogP contribution in [0.1, 0.15) is 48.7 Å². The summed E-state index contributed by atoms with van der Waals surface area (Å²) in [5.41, 5.74) is 2.33. The third kappa shape index (κ3) is 3.15. The molecule has 0 aromatic carbocycles. The van der Waals surface area contributed by atoms with Crippen molar-refractivity contribution >= 4 is 22.7 Å². The number of carboxylic acids is 1. The van der Waals surface area contributed by atoms with Crippen LogP contribution >= 0.6 is 0 Å². The van der Waals surface area contributed by atoms with E-state index in [1.807, 2.05) is 14.0 Å². The fraction of sp³-hybridized carbons (Fsp3) is 0.533. The molecule has 0 bridgehead atoms. The average Bonchev–Trinajstić information content (AvgIpc) is 2.73. The van der Waals surface area contributed by atoms with Crippen molar-refractivity contribution in [3.63, 3.8) is 0 Å². The summed E-state index contributed by atoms with van der Waals surface area (Å²) in [6.45, 7) is 4.80. The molecule has 2 aromatic heterocycles. The Kier molecular flexibility index (Phi) is 4.77. The van der Waals surface area contributed by atoms with E-state index in [0.717, 1.165) is 30.5 Å². The lowest BCUT2D eigenvalue weighted by atomic mass is 10.1. The molecule has 0 aliphatic heterocycles. The summed E-state index contributed by atoms with van der Waals surface area (Å²) in [5.74, 6) is -0.969. The molecule has 0 unspecified atom stereocenters. The Hall–Kier alpha value is -2.11. The lowest BCUT2D eigenvalue weighted by Crippen LogP contribution is -2.09. The Labute approximate surface area is 124 Å². The van der Waals surface area contributed by atoms with Gasteiger partial charge in [0.2, 0.25) is 0 Å². The minimum atomic E-state index is -0.969. The number of hydrogen-bond acceptors (Lipinski definition) is 4. The largest absolute Gasteiger partial charge is 0.478 e. The minimum Gasteiger partial charge on any atom is -0.478 e. The van der Waals surface area contributed by atoms with Crippen LogP contribution in [0.15, 0.2) is 6.20 Å². The van der Waals surface area contributed by atoms with Crippen LogP contribution in [0.3, 0.4) is 0 Å². The van der Waals surface area contributed by atoms with E-state index in [-0.39, 0.29) is 5.56 Å². The van der Waals surface area contributed by atoms with Gasteiger partial charge in [0, 0.05) is 19.8 Å². The van der Waals surface area contributed by atoms with Crippen molar-refractivity contribution in [1.29, 1.82) is 0 Å². The highest BCUT2D eigenvalue weighted by Crippen LogP contribution is 2.28. The van der Waals surface area contributed by atoms with Gasteiger partial charge in [0.05, 0.1) is 16.8 Å². The van der Waals surface area contributed by atoms with Gasteiger partial charge in [0.15, 0.2) is 5.65 Å². The van der Waals surface area contributed by atoms with Crippen molar-refractivity contribution in [2.24, 2.45) is 7.05 Å². The van der Waals surface area contributed by atoms with E-state index in [4.69, 9.17) is 0 Å². The molecule has 0 atom stereocenters. The number of unbranched alkanes of at least 4 members (excludes halogenated alkanes) is 3. The quantitative estimate of drug-likeness (QED) is 0.766. The second-order valence-electron chi connectivity index (χ2n) is 5.25. The molecule has 114 valence electrons. The van der Waals surface area contributed by atoms with Crippen LogP contribution in [-0.2, 0) is 7.05 Å². The fourth-order valence-electron chi connectivity index (χ4n) is 2.52. The van der Waals surface area contributed by atoms with Gasteiger partial charge in [0.1, 0.15) is 5.56 Å². The summed E-state index contributed by atoms with van der Waals surface area (Å²) in [4.78, 5) is 15.6. The second kappa shape index (κ2) is 6.56. The number of anilines is 1. The number of nitrogens with zero attached hydrogens (tertiary/aromatic N) is 3.